The Balaban J connectivity index is 1.35. The first kappa shape index (κ1) is 58.2. The maximum Gasteiger partial charge on any atom is 0.296 e. The summed E-state index contributed by atoms with van der Waals surface area (Å²) in [5, 5.41) is 10.4. The smallest absolute Gasteiger partial charge is 0.296 e. The first-order valence-electron chi connectivity index (χ1n) is 21.4. The van der Waals surface area contributed by atoms with Crippen molar-refractivity contribution in [1.82, 2.24) is 29.9 Å². The fourth-order valence-corrected chi connectivity index (χ4v) is 10.5. The molecule has 6 rings (SSSR count). The van der Waals surface area contributed by atoms with E-state index in [1.54, 1.807) is 37.5 Å². The van der Waals surface area contributed by atoms with Gasteiger partial charge in [0.1, 0.15) is 19.6 Å². The van der Waals surface area contributed by atoms with Crippen LogP contribution in [0.5, 0.6) is 0 Å². The van der Waals surface area contributed by atoms with Gasteiger partial charge < -0.3 is 31.1 Å². The number of rotatable bonds is 22. The van der Waals surface area contributed by atoms with Gasteiger partial charge in [0, 0.05) is 37.6 Å². The molecule has 0 aliphatic rings. The molecule has 4 aromatic carbocycles. The van der Waals surface area contributed by atoms with Gasteiger partial charge in [-0.2, -0.15) is 80.4 Å². The molecule has 6 aromatic rings. The predicted octanol–water partition coefficient (Wildman–Crippen LogP) is 4.37. The molecule has 76 heavy (non-hydrogen) atoms. The van der Waals surface area contributed by atoms with Crippen molar-refractivity contribution >= 4 is 131 Å². The van der Waals surface area contributed by atoms with Crippen LogP contribution in [0, 0.1) is 0 Å². The largest absolute Gasteiger partial charge is 0.341 e. The van der Waals surface area contributed by atoms with Crippen LogP contribution in [0.15, 0.2) is 102 Å². The molecule has 0 atom stereocenters. The molecule has 0 bridgehead atoms. The third-order valence-electron chi connectivity index (χ3n) is 10.4. The van der Waals surface area contributed by atoms with Gasteiger partial charge in [-0.25, -0.2) is 0 Å². The second kappa shape index (κ2) is 22.2. The normalized spacial score (nSPS) is 12.6. The first-order chi connectivity index (χ1) is 35.2. The van der Waals surface area contributed by atoms with Crippen molar-refractivity contribution in [3.63, 3.8) is 0 Å². The lowest BCUT2D eigenvalue weighted by molar-refractivity contribution is 0.479. The lowest BCUT2D eigenvalue weighted by Gasteiger charge is -2.20. The highest BCUT2D eigenvalue weighted by Crippen LogP contribution is 2.32. The van der Waals surface area contributed by atoms with E-state index in [4.69, 9.17) is 0 Å². The van der Waals surface area contributed by atoms with Crippen molar-refractivity contribution in [2.45, 2.75) is 57.1 Å². The zero-order valence-electron chi connectivity index (χ0n) is 39.5. The maximum absolute atomic E-state index is 12.8. The fraction of sp³-hybridized carbons (Fsp3) is 0.200. The van der Waals surface area contributed by atoms with Gasteiger partial charge in [0.05, 0.1) is 21.2 Å². The Morgan fingerprint density at radius 2 is 0.684 bits per heavy atom. The lowest BCUT2D eigenvalue weighted by atomic mass is 10.1. The Kier molecular flexibility index (Phi) is 17.0. The average Bonchev–Trinajstić information content (AvgIpc) is 3.30. The van der Waals surface area contributed by atoms with Crippen LogP contribution in [0.1, 0.15) is 38.8 Å². The summed E-state index contributed by atoms with van der Waals surface area (Å²) < 4.78 is 207. The molecule has 36 heteroatoms. The molecule has 408 valence electrons. The molecule has 0 unspecified atom stereocenters. The summed E-state index contributed by atoms with van der Waals surface area (Å²) in [6.07, 6.45) is 2.16. The minimum Gasteiger partial charge on any atom is -0.341 e. The highest BCUT2D eigenvalue weighted by Gasteiger charge is 2.25. The third kappa shape index (κ3) is 14.4. The van der Waals surface area contributed by atoms with Crippen molar-refractivity contribution in [2.24, 2.45) is 0 Å². The molecule has 2 heterocycles. The van der Waals surface area contributed by atoms with Crippen molar-refractivity contribution in [3.05, 3.63) is 83.9 Å². The van der Waals surface area contributed by atoms with Gasteiger partial charge >= 0.3 is 0 Å². The van der Waals surface area contributed by atoms with Crippen LogP contribution in [0.25, 0.3) is 12.2 Å². The fourth-order valence-electron chi connectivity index (χ4n) is 6.86. The minimum absolute atomic E-state index is 0.0479. The average molecular weight is 1170 g/mol. The summed E-state index contributed by atoms with van der Waals surface area (Å²) in [7, 11) is -30.0. The molecule has 0 aliphatic carbocycles. The molecule has 0 saturated heterocycles. The van der Waals surface area contributed by atoms with E-state index in [9.17, 15) is 77.8 Å². The molecular weight excluding hydrogens is 1130 g/mol. The van der Waals surface area contributed by atoms with Gasteiger partial charge in [-0.05, 0) is 99.5 Å². The molecule has 0 spiro atoms. The molecule has 0 saturated carbocycles. The van der Waals surface area contributed by atoms with Gasteiger partial charge in [0.2, 0.25) is 35.7 Å². The van der Waals surface area contributed by atoms with Gasteiger partial charge in [0.25, 0.3) is 60.7 Å². The molecule has 10 N–H and O–H groups in total. The first-order valence-corrected chi connectivity index (χ1v) is 30.0. The highest BCUT2D eigenvalue weighted by atomic mass is 32.2. The SMILES string of the molecule is CCN(CC)c1nc(Nc2ccc(C=Cc3ccc(Nc4nc(Nc5cc(S(=O)(=O)O)ccc5S(=O)(=O)O)nc(N(CC)CC)n4)cc3S(=O)(=O)O)c(S(=O)(=O)O)c2)nc(Nc2cc(S(=O)(=O)O)ccc2S(=O)(=O)O)n1. The summed E-state index contributed by atoms with van der Waals surface area (Å²) in [6.45, 7) is 8.18. The molecule has 0 radical (unpaired) electrons. The topological polar surface area (TPSA) is 458 Å². The van der Waals surface area contributed by atoms with Crippen LogP contribution in [-0.4, -0.2) is 134 Å². The van der Waals surface area contributed by atoms with E-state index < -0.39 is 113 Å². The summed E-state index contributed by atoms with van der Waals surface area (Å²) in [6, 6.07) is 11.0. The van der Waals surface area contributed by atoms with Crippen LogP contribution in [0.4, 0.5) is 58.4 Å². The van der Waals surface area contributed by atoms with E-state index in [0.717, 1.165) is 36.4 Å². The predicted molar refractivity (Wildman–Crippen MR) is 273 cm³/mol. The van der Waals surface area contributed by atoms with Crippen LogP contribution in [0.3, 0.4) is 0 Å². The number of nitrogens with zero attached hydrogens (tertiary/aromatic N) is 8. The van der Waals surface area contributed by atoms with Crippen LogP contribution >= 0.6 is 0 Å². The van der Waals surface area contributed by atoms with E-state index in [2.05, 4.69) is 51.2 Å². The molecule has 0 fully saturated rings. The number of benzene rings is 4. The summed E-state index contributed by atoms with van der Waals surface area (Å²) in [4.78, 5) is 24.0. The summed E-state index contributed by atoms with van der Waals surface area (Å²) >= 11 is 0. The molecule has 2 aromatic heterocycles. The van der Waals surface area contributed by atoms with Gasteiger partial charge in [0.15, 0.2) is 0 Å². The Hall–Kier alpha value is -7.10. The molecule has 30 nitrogen and oxygen atoms in total. The van der Waals surface area contributed by atoms with Crippen molar-refractivity contribution in [1.29, 1.82) is 0 Å². The van der Waals surface area contributed by atoms with E-state index in [1.165, 1.54) is 24.3 Å². The standard InChI is InChI=1S/C40H44N12O18S6/c1-5-51(6-2)39-47-35(45-37(49-39)43-29-21-27(71(53,54)55)15-17-31(29)73(59,60)61)41-25-13-11-23(33(19-25)75(65,66)67)9-10-24-12-14-26(20-34(24)76(68,69)70)42-36-46-38(50-40(48-36)52(7-3)8-4)44-30-22-28(72(56,57)58)16-18-32(30)74(62,63)64/h9-22H,5-8H2,1-4H3,(H,53,54,55)(H,56,57,58)(H,59,60,61)(H,62,63,64)(H,65,66,67)(H,68,69,70)(H2,41,43,45,47,49)(H2,42,44,46,48,50). The van der Waals surface area contributed by atoms with Crippen molar-refractivity contribution in [2.75, 3.05) is 57.2 Å². The number of hydrogen-bond donors (Lipinski definition) is 10. The Morgan fingerprint density at radius 1 is 0.382 bits per heavy atom. The van der Waals surface area contributed by atoms with Gasteiger partial charge in [-0.15, -0.1) is 0 Å². The maximum atomic E-state index is 12.8. The second-order valence-corrected chi connectivity index (χ2v) is 23.8. The Labute approximate surface area is 434 Å². The molecule has 0 amide bonds. The monoisotopic (exact) mass is 1170 g/mol. The van der Waals surface area contributed by atoms with Crippen molar-refractivity contribution in [3.8, 4) is 0 Å². The zero-order chi connectivity index (χ0) is 56.3. The van der Waals surface area contributed by atoms with Crippen LogP contribution in [0.2, 0.25) is 0 Å². The Morgan fingerprint density at radius 3 is 0.961 bits per heavy atom. The van der Waals surface area contributed by atoms with Crippen LogP contribution < -0.4 is 31.1 Å². The van der Waals surface area contributed by atoms with Crippen LogP contribution in [-0.2, 0) is 60.7 Å². The number of hydrogen-bond acceptors (Lipinski definition) is 24. The van der Waals surface area contributed by atoms with E-state index >= 15 is 0 Å². The summed E-state index contributed by atoms with van der Waals surface area (Å²) in [5.41, 5.74) is -1.84. The number of aromatic nitrogens is 6. The molecule has 0 aliphatic heterocycles. The minimum atomic E-state index is -5.10. The number of anilines is 10. The number of nitrogens with one attached hydrogen (secondary N) is 4. The van der Waals surface area contributed by atoms with E-state index in [1.807, 2.05) is 0 Å². The Bertz CT molecular complexity index is 3720. The second-order valence-electron chi connectivity index (χ2n) is 15.4. The van der Waals surface area contributed by atoms with E-state index in [-0.39, 0.29) is 46.3 Å². The van der Waals surface area contributed by atoms with Gasteiger partial charge in [-0.1, -0.05) is 24.3 Å². The lowest BCUT2D eigenvalue weighted by Crippen LogP contribution is -2.25. The highest BCUT2D eigenvalue weighted by molar-refractivity contribution is 7.87. The quantitative estimate of drug-likeness (QED) is 0.0333. The summed E-state index contributed by atoms with van der Waals surface area (Å²) in [5.74, 6) is -1.65. The third-order valence-corrected chi connectivity index (χ3v) is 15.8. The zero-order valence-corrected chi connectivity index (χ0v) is 44.4. The van der Waals surface area contributed by atoms with Gasteiger partial charge in [-0.3, -0.25) is 27.3 Å². The van der Waals surface area contributed by atoms with Crippen molar-refractivity contribution < 1.29 is 77.8 Å². The van der Waals surface area contributed by atoms with E-state index in [0.29, 0.717) is 50.4 Å². The molecular formula is C40H44N12O18S6.